The van der Waals surface area contributed by atoms with Gasteiger partial charge in [-0.3, -0.25) is 4.68 Å². The number of alkyl halides is 1. The fraction of sp³-hybridized carbons (Fsp3) is 0.769. The lowest BCUT2D eigenvalue weighted by Crippen LogP contribution is -2.36. The van der Waals surface area contributed by atoms with Crippen LogP contribution in [0.5, 0.6) is 0 Å². The van der Waals surface area contributed by atoms with Gasteiger partial charge in [0.2, 0.25) is 0 Å². The number of rotatable bonds is 4. The highest BCUT2D eigenvalue weighted by Gasteiger charge is 2.33. The zero-order valence-corrected chi connectivity index (χ0v) is 12.3. The topological polar surface area (TPSA) is 27.1 Å². The molecule has 0 aliphatic carbocycles. The zero-order chi connectivity index (χ0) is 12.3. The Balaban J connectivity index is 2.16. The summed E-state index contributed by atoms with van der Waals surface area (Å²) in [4.78, 5) is 0. The van der Waals surface area contributed by atoms with E-state index in [1.165, 1.54) is 18.5 Å². The third-order valence-electron chi connectivity index (χ3n) is 3.53. The lowest BCUT2D eigenvalue weighted by Gasteiger charge is -2.35. The zero-order valence-electron chi connectivity index (χ0n) is 10.7. The van der Waals surface area contributed by atoms with E-state index in [4.69, 9.17) is 4.74 Å². The molecule has 1 unspecified atom stereocenters. The van der Waals surface area contributed by atoms with Crippen LogP contribution in [0.1, 0.15) is 31.2 Å². The predicted octanol–water partition coefficient (Wildman–Crippen LogP) is 2.95. The molecule has 0 radical (unpaired) electrons. The summed E-state index contributed by atoms with van der Waals surface area (Å²) in [5.74, 6) is 0. The lowest BCUT2D eigenvalue weighted by atomic mass is 9.80. The average Bonchev–Trinajstić information content (AvgIpc) is 2.70. The molecule has 2 rings (SSSR count). The van der Waals surface area contributed by atoms with Crippen molar-refractivity contribution >= 4 is 15.9 Å². The van der Waals surface area contributed by atoms with Crippen molar-refractivity contribution in [2.24, 2.45) is 5.41 Å². The number of aryl methyl sites for hydroxylation is 2. The predicted molar refractivity (Wildman–Crippen MR) is 72.6 cm³/mol. The summed E-state index contributed by atoms with van der Waals surface area (Å²) in [5, 5.41) is 5.53. The Labute approximate surface area is 112 Å². The molecule has 1 saturated heterocycles. The normalized spacial score (nSPS) is 25.1. The Bertz CT molecular complexity index is 369. The molecular formula is C13H21BrN2O. The highest BCUT2D eigenvalue weighted by atomic mass is 79.9. The minimum Gasteiger partial charge on any atom is -0.381 e. The van der Waals surface area contributed by atoms with Crippen molar-refractivity contribution < 1.29 is 4.74 Å². The van der Waals surface area contributed by atoms with Gasteiger partial charge in [-0.05, 0) is 39.2 Å². The number of halogens is 1. The Morgan fingerprint density at radius 1 is 1.59 bits per heavy atom. The van der Waals surface area contributed by atoms with Crippen LogP contribution >= 0.6 is 15.9 Å². The molecule has 1 aromatic rings. The van der Waals surface area contributed by atoms with Crippen LogP contribution in [0.25, 0.3) is 0 Å². The van der Waals surface area contributed by atoms with Gasteiger partial charge in [-0.2, -0.15) is 5.10 Å². The third-order valence-corrected chi connectivity index (χ3v) is 4.72. The fourth-order valence-electron chi connectivity index (χ4n) is 2.60. The molecular weight excluding hydrogens is 280 g/mol. The summed E-state index contributed by atoms with van der Waals surface area (Å²) in [6, 6.07) is 2.21. The minimum atomic E-state index is 0.262. The van der Waals surface area contributed by atoms with Crippen LogP contribution in [0.3, 0.4) is 0 Å². The molecule has 0 amide bonds. The van der Waals surface area contributed by atoms with E-state index in [-0.39, 0.29) is 5.41 Å². The maximum atomic E-state index is 5.67. The molecule has 0 bridgehead atoms. The van der Waals surface area contributed by atoms with E-state index in [2.05, 4.69) is 45.6 Å². The molecule has 3 nitrogen and oxygen atoms in total. The van der Waals surface area contributed by atoms with E-state index < -0.39 is 0 Å². The van der Waals surface area contributed by atoms with Crippen LogP contribution in [0, 0.1) is 12.3 Å². The maximum absolute atomic E-state index is 5.67. The quantitative estimate of drug-likeness (QED) is 0.800. The first-order valence-corrected chi connectivity index (χ1v) is 7.48. The van der Waals surface area contributed by atoms with Gasteiger partial charge in [0.25, 0.3) is 0 Å². The molecule has 0 saturated carbocycles. The van der Waals surface area contributed by atoms with Gasteiger partial charge in [-0.25, -0.2) is 0 Å². The van der Waals surface area contributed by atoms with Crippen LogP contribution in [0.15, 0.2) is 6.07 Å². The van der Waals surface area contributed by atoms with Gasteiger partial charge in [0.05, 0.1) is 12.3 Å². The number of nitrogens with zero attached hydrogens (tertiary/aromatic N) is 2. The first kappa shape index (κ1) is 13.1. The highest BCUT2D eigenvalue weighted by Crippen LogP contribution is 2.34. The molecule has 1 fully saturated rings. The van der Waals surface area contributed by atoms with Crippen molar-refractivity contribution in [3.63, 3.8) is 0 Å². The average molecular weight is 301 g/mol. The maximum Gasteiger partial charge on any atom is 0.0596 e. The molecule has 0 aromatic carbocycles. The van der Waals surface area contributed by atoms with Gasteiger partial charge in [0, 0.05) is 29.6 Å². The third kappa shape index (κ3) is 2.91. The second-order valence-corrected chi connectivity index (χ2v) is 5.62. The Hall–Kier alpha value is -0.350. The summed E-state index contributed by atoms with van der Waals surface area (Å²) >= 11 is 3.67. The molecule has 1 aliphatic heterocycles. The van der Waals surface area contributed by atoms with E-state index in [1.54, 1.807) is 0 Å². The van der Waals surface area contributed by atoms with Gasteiger partial charge in [0.15, 0.2) is 0 Å². The van der Waals surface area contributed by atoms with Gasteiger partial charge < -0.3 is 4.74 Å². The van der Waals surface area contributed by atoms with Crippen molar-refractivity contribution in [3.8, 4) is 0 Å². The Kier molecular flexibility index (Phi) is 4.26. The lowest BCUT2D eigenvalue weighted by molar-refractivity contribution is 0.00519. The molecule has 4 heteroatoms. The number of ether oxygens (including phenoxy) is 1. The van der Waals surface area contributed by atoms with Gasteiger partial charge in [-0.15, -0.1) is 0 Å². The molecule has 0 spiro atoms. The molecule has 1 atom stereocenters. The smallest absolute Gasteiger partial charge is 0.0596 e. The second-order valence-electron chi connectivity index (χ2n) is 5.06. The van der Waals surface area contributed by atoms with E-state index >= 15 is 0 Å². The first-order chi connectivity index (χ1) is 8.19. The van der Waals surface area contributed by atoms with E-state index in [1.807, 2.05) is 0 Å². The molecule has 1 aliphatic rings. The molecule has 0 N–H and O–H groups in total. The van der Waals surface area contributed by atoms with E-state index in [0.717, 1.165) is 37.2 Å². The van der Waals surface area contributed by atoms with Crippen molar-refractivity contribution in [1.29, 1.82) is 0 Å². The van der Waals surface area contributed by atoms with Crippen molar-refractivity contribution in [3.05, 3.63) is 17.5 Å². The molecule has 96 valence electrons. The van der Waals surface area contributed by atoms with Gasteiger partial charge in [-0.1, -0.05) is 15.9 Å². The monoisotopic (exact) mass is 300 g/mol. The fourth-order valence-corrected chi connectivity index (χ4v) is 3.24. The van der Waals surface area contributed by atoms with Crippen LogP contribution in [0.4, 0.5) is 0 Å². The summed E-state index contributed by atoms with van der Waals surface area (Å²) < 4.78 is 7.79. The van der Waals surface area contributed by atoms with Crippen LogP contribution < -0.4 is 0 Å². The standard InChI is InChI=1S/C13H21BrN2O/c1-3-16-12(7-11(2)15-16)8-13(9-14)5-4-6-17-10-13/h7H,3-6,8-10H2,1-2H3. The number of hydrogen-bond acceptors (Lipinski definition) is 2. The van der Waals surface area contributed by atoms with Crippen molar-refractivity contribution in [2.75, 3.05) is 18.5 Å². The van der Waals surface area contributed by atoms with Crippen molar-refractivity contribution in [2.45, 2.75) is 39.7 Å². The Morgan fingerprint density at radius 3 is 3.00 bits per heavy atom. The minimum absolute atomic E-state index is 0.262. The molecule has 1 aromatic heterocycles. The highest BCUT2D eigenvalue weighted by molar-refractivity contribution is 9.09. The van der Waals surface area contributed by atoms with Gasteiger partial charge in [0.1, 0.15) is 0 Å². The second kappa shape index (κ2) is 5.53. The summed E-state index contributed by atoms with van der Waals surface area (Å²) in [6.07, 6.45) is 3.48. The van der Waals surface area contributed by atoms with E-state index in [9.17, 15) is 0 Å². The number of aromatic nitrogens is 2. The van der Waals surface area contributed by atoms with E-state index in [0.29, 0.717) is 0 Å². The molecule has 17 heavy (non-hydrogen) atoms. The van der Waals surface area contributed by atoms with Crippen LogP contribution in [-0.4, -0.2) is 28.3 Å². The Morgan fingerprint density at radius 2 is 2.41 bits per heavy atom. The van der Waals surface area contributed by atoms with Gasteiger partial charge >= 0.3 is 0 Å². The SMILES string of the molecule is CCn1nc(C)cc1CC1(CBr)CCCOC1. The number of hydrogen-bond donors (Lipinski definition) is 0. The largest absolute Gasteiger partial charge is 0.381 e. The summed E-state index contributed by atoms with van der Waals surface area (Å²) in [5.41, 5.74) is 2.72. The summed E-state index contributed by atoms with van der Waals surface area (Å²) in [6.45, 7) is 6.94. The van der Waals surface area contributed by atoms with Crippen molar-refractivity contribution in [1.82, 2.24) is 9.78 Å². The van der Waals surface area contributed by atoms with Crippen LogP contribution in [-0.2, 0) is 17.7 Å². The summed E-state index contributed by atoms with van der Waals surface area (Å²) in [7, 11) is 0. The first-order valence-electron chi connectivity index (χ1n) is 6.36. The van der Waals surface area contributed by atoms with Crippen LogP contribution in [0.2, 0.25) is 0 Å². The molecule has 2 heterocycles.